The fourth-order valence-corrected chi connectivity index (χ4v) is 3.33. The standard InChI is InChI=1S/C18H15N3OS/c1-23-14-8-6-12(7-9-14)17-11-20(19)18(22)16-10-13-4-2-3-5-15(13)21(16)17/h2-11H,19H2,1H3. The number of nitrogens with zero attached hydrogens (tertiary/aromatic N) is 2. The van der Waals surface area contributed by atoms with Gasteiger partial charge in [-0.3, -0.25) is 4.79 Å². The van der Waals surface area contributed by atoms with E-state index in [1.54, 1.807) is 18.0 Å². The van der Waals surface area contributed by atoms with Gasteiger partial charge in [-0.25, -0.2) is 4.68 Å². The van der Waals surface area contributed by atoms with E-state index < -0.39 is 0 Å². The van der Waals surface area contributed by atoms with E-state index in [-0.39, 0.29) is 5.56 Å². The van der Waals surface area contributed by atoms with E-state index in [9.17, 15) is 4.79 Å². The molecule has 2 aromatic heterocycles. The number of hydrogen-bond acceptors (Lipinski definition) is 3. The first-order valence-electron chi connectivity index (χ1n) is 7.24. The molecular weight excluding hydrogens is 306 g/mol. The zero-order valence-corrected chi connectivity index (χ0v) is 13.4. The lowest BCUT2D eigenvalue weighted by atomic mass is 10.1. The SMILES string of the molecule is CSc1ccc(-c2cn(N)c(=O)c3cc4ccccc4n23)cc1. The van der Waals surface area contributed by atoms with Crippen molar-refractivity contribution in [3.8, 4) is 11.3 Å². The number of nitrogens with two attached hydrogens (primary N) is 1. The van der Waals surface area contributed by atoms with Crippen molar-refractivity contribution in [3.63, 3.8) is 0 Å². The summed E-state index contributed by atoms with van der Waals surface area (Å²) in [6.07, 6.45) is 3.74. The molecule has 0 aliphatic rings. The summed E-state index contributed by atoms with van der Waals surface area (Å²) >= 11 is 1.70. The molecule has 2 heterocycles. The predicted octanol–water partition coefficient (Wildman–Crippen LogP) is 3.36. The molecule has 2 N–H and O–H groups in total. The number of nitrogen functional groups attached to an aromatic ring is 1. The highest BCUT2D eigenvalue weighted by molar-refractivity contribution is 7.98. The van der Waals surface area contributed by atoms with Crippen LogP contribution in [0.5, 0.6) is 0 Å². The Hall–Kier alpha value is -2.66. The average molecular weight is 321 g/mol. The second-order valence-electron chi connectivity index (χ2n) is 5.38. The summed E-state index contributed by atoms with van der Waals surface area (Å²) in [4.78, 5) is 13.6. The van der Waals surface area contributed by atoms with Gasteiger partial charge in [-0.05, 0) is 30.5 Å². The summed E-state index contributed by atoms with van der Waals surface area (Å²) in [6.45, 7) is 0. The van der Waals surface area contributed by atoms with Crippen LogP contribution in [0.15, 0.2) is 70.5 Å². The van der Waals surface area contributed by atoms with E-state index in [2.05, 4.69) is 24.3 Å². The van der Waals surface area contributed by atoms with Gasteiger partial charge in [-0.15, -0.1) is 11.8 Å². The van der Waals surface area contributed by atoms with Crippen LogP contribution in [-0.4, -0.2) is 15.3 Å². The minimum atomic E-state index is -0.203. The number of hydrogen-bond donors (Lipinski definition) is 1. The second-order valence-corrected chi connectivity index (χ2v) is 6.26. The van der Waals surface area contributed by atoms with Crippen LogP contribution in [0.2, 0.25) is 0 Å². The lowest BCUT2D eigenvalue weighted by molar-refractivity contribution is 0.923. The van der Waals surface area contributed by atoms with Gasteiger partial charge < -0.3 is 10.2 Å². The van der Waals surface area contributed by atoms with Gasteiger partial charge >= 0.3 is 0 Å². The molecule has 114 valence electrons. The van der Waals surface area contributed by atoms with E-state index in [4.69, 9.17) is 5.84 Å². The first-order chi connectivity index (χ1) is 11.2. The smallest absolute Gasteiger partial charge is 0.292 e. The maximum Gasteiger partial charge on any atom is 0.292 e. The van der Waals surface area contributed by atoms with Crippen molar-refractivity contribution in [1.29, 1.82) is 0 Å². The van der Waals surface area contributed by atoms with Gasteiger partial charge in [0.25, 0.3) is 5.56 Å². The van der Waals surface area contributed by atoms with Gasteiger partial charge in [-0.1, -0.05) is 30.3 Å². The topological polar surface area (TPSA) is 52.4 Å². The van der Waals surface area contributed by atoms with Crippen molar-refractivity contribution < 1.29 is 0 Å². The molecule has 0 radical (unpaired) electrons. The van der Waals surface area contributed by atoms with Gasteiger partial charge in [0.15, 0.2) is 0 Å². The van der Waals surface area contributed by atoms with Gasteiger partial charge in [-0.2, -0.15) is 0 Å². The van der Waals surface area contributed by atoms with Gasteiger partial charge in [0.05, 0.1) is 17.4 Å². The number of para-hydroxylation sites is 1. The molecule has 2 aromatic carbocycles. The third-order valence-electron chi connectivity index (χ3n) is 4.05. The number of fused-ring (bicyclic) bond motifs is 3. The monoisotopic (exact) mass is 321 g/mol. The molecule has 0 spiro atoms. The zero-order chi connectivity index (χ0) is 16.0. The van der Waals surface area contributed by atoms with E-state index in [0.29, 0.717) is 5.52 Å². The molecule has 5 heteroatoms. The quantitative estimate of drug-likeness (QED) is 0.455. The Morgan fingerprint density at radius 2 is 1.74 bits per heavy atom. The molecule has 0 bridgehead atoms. The molecule has 0 atom stereocenters. The molecule has 0 aliphatic carbocycles. The number of thioether (sulfide) groups is 1. The summed E-state index contributed by atoms with van der Waals surface area (Å²) in [5.41, 5.74) is 3.30. The minimum absolute atomic E-state index is 0.203. The van der Waals surface area contributed by atoms with E-state index in [1.807, 2.05) is 41.0 Å². The molecular formula is C18H15N3OS. The zero-order valence-electron chi connectivity index (χ0n) is 12.6. The molecule has 4 aromatic rings. The lowest BCUT2D eigenvalue weighted by Gasteiger charge is -2.10. The molecule has 0 saturated heterocycles. The minimum Gasteiger partial charge on any atom is -0.336 e. The second kappa shape index (κ2) is 5.21. The Bertz CT molecular complexity index is 1080. The van der Waals surface area contributed by atoms with Crippen LogP contribution in [-0.2, 0) is 0 Å². The van der Waals surface area contributed by atoms with Crippen molar-refractivity contribution in [2.75, 3.05) is 12.1 Å². The maximum absolute atomic E-state index is 12.4. The van der Waals surface area contributed by atoms with Crippen LogP contribution in [0.4, 0.5) is 0 Å². The summed E-state index contributed by atoms with van der Waals surface area (Å²) in [5, 5.41) is 1.03. The first-order valence-corrected chi connectivity index (χ1v) is 8.47. The normalized spacial score (nSPS) is 11.3. The highest BCUT2D eigenvalue weighted by Crippen LogP contribution is 2.27. The van der Waals surface area contributed by atoms with Gasteiger partial charge in [0.1, 0.15) is 5.52 Å². The van der Waals surface area contributed by atoms with Crippen molar-refractivity contribution in [1.82, 2.24) is 9.08 Å². The summed E-state index contributed by atoms with van der Waals surface area (Å²) in [6, 6.07) is 18.1. The molecule has 0 aliphatic heterocycles. The van der Waals surface area contributed by atoms with Crippen molar-refractivity contribution in [3.05, 3.63) is 71.1 Å². The van der Waals surface area contributed by atoms with E-state index >= 15 is 0 Å². The largest absolute Gasteiger partial charge is 0.336 e. The van der Waals surface area contributed by atoms with Crippen LogP contribution < -0.4 is 11.4 Å². The van der Waals surface area contributed by atoms with Crippen molar-refractivity contribution in [2.24, 2.45) is 0 Å². The lowest BCUT2D eigenvalue weighted by Crippen LogP contribution is -2.28. The van der Waals surface area contributed by atoms with Crippen LogP contribution >= 0.6 is 11.8 Å². The Morgan fingerprint density at radius 3 is 2.48 bits per heavy atom. The van der Waals surface area contributed by atoms with Gasteiger partial charge in [0.2, 0.25) is 0 Å². The maximum atomic E-state index is 12.4. The molecule has 0 saturated carbocycles. The number of benzene rings is 2. The van der Waals surface area contributed by atoms with E-state index in [0.717, 1.165) is 26.8 Å². The molecule has 0 fully saturated rings. The Balaban J connectivity index is 2.12. The third kappa shape index (κ3) is 2.12. The number of aromatic nitrogens is 2. The first kappa shape index (κ1) is 14.0. The van der Waals surface area contributed by atoms with Gasteiger partial charge in [0, 0.05) is 15.8 Å². The van der Waals surface area contributed by atoms with Crippen molar-refractivity contribution >= 4 is 28.2 Å². The molecule has 4 rings (SSSR count). The Labute approximate surface area is 137 Å². The van der Waals surface area contributed by atoms with Crippen LogP contribution in [0.1, 0.15) is 0 Å². The van der Waals surface area contributed by atoms with Crippen LogP contribution in [0.3, 0.4) is 0 Å². The van der Waals surface area contributed by atoms with E-state index in [1.165, 1.54) is 4.90 Å². The summed E-state index contributed by atoms with van der Waals surface area (Å²) < 4.78 is 3.14. The predicted molar refractivity (Wildman–Crippen MR) is 96.5 cm³/mol. The Kier molecular flexibility index (Phi) is 3.16. The summed E-state index contributed by atoms with van der Waals surface area (Å²) in [7, 11) is 0. The van der Waals surface area contributed by atoms with Crippen LogP contribution in [0, 0.1) is 0 Å². The van der Waals surface area contributed by atoms with Crippen LogP contribution in [0.25, 0.3) is 27.7 Å². The average Bonchev–Trinajstić information content (AvgIpc) is 2.98. The fraction of sp³-hybridized carbons (Fsp3) is 0.0556. The fourth-order valence-electron chi connectivity index (χ4n) is 2.92. The number of rotatable bonds is 2. The third-order valence-corrected chi connectivity index (χ3v) is 4.80. The van der Waals surface area contributed by atoms with Crippen molar-refractivity contribution in [2.45, 2.75) is 4.90 Å². The molecule has 23 heavy (non-hydrogen) atoms. The molecule has 0 amide bonds. The molecule has 4 nitrogen and oxygen atoms in total. The Morgan fingerprint density at radius 1 is 1.00 bits per heavy atom. The summed E-state index contributed by atoms with van der Waals surface area (Å²) in [5.74, 6) is 5.89. The molecule has 0 unspecified atom stereocenters. The highest BCUT2D eigenvalue weighted by atomic mass is 32.2. The highest BCUT2D eigenvalue weighted by Gasteiger charge is 2.13.